The Balaban J connectivity index is 1.67. The van der Waals surface area contributed by atoms with Gasteiger partial charge in [-0.05, 0) is 24.3 Å². The van der Waals surface area contributed by atoms with E-state index in [0.29, 0.717) is 16.3 Å². The highest BCUT2D eigenvalue weighted by atomic mass is 35.5. The van der Waals surface area contributed by atoms with E-state index in [2.05, 4.69) is 4.98 Å². The highest BCUT2D eigenvalue weighted by Gasteiger charge is 2.31. The summed E-state index contributed by atoms with van der Waals surface area (Å²) < 4.78 is 41.4. The molecule has 5 aromatic rings. The number of nitrogens with zero attached hydrogens (tertiary/aromatic N) is 2. The van der Waals surface area contributed by atoms with Gasteiger partial charge in [0.05, 0.1) is 41.7 Å². The lowest BCUT2D eigenvalue weighted by molar-refractivity contribution is -0.113. The van der Waals surface area contributed by atoms with E-state index in [1.165, 1.54) is 42.2 Å². The van der Waals surface area contributed by atoms with Crippen molar-refractivity contribution >= 4 is 61.7 Å². The molecule has 1 N–H and O–H groups in total. The van der Waals surface area contributed by atoms with Crippen LogP contribution in [0.1, 0.15) is 28.0 Å². The van der Waals surface area contributed by atoms with Gasteiger partial charge in [0.25, 0.3) is 0 Å². The molecule has 0 saturated heterocycles. The molecule has 1 aliphatic rings. The third kappa shape index (κ3) is 3.58. The molecule has 7 nitrogen and oxygen atoms in total. The number of carbonyl (C=O) groups excluding carboxylic acids is 1. The summed E-state index contributed by atoms with van der Waals surface area (Å²) >= 11 is 6.46. The molecule has 38 heavy (non-hydrogen) atoms. The fourth-order valence-corrected chi connectivity index (χ4v) is 5.16. The van der Waals surface area contributed by atoms with Crippen LogP contribution in [0.4, 0.5) is 8.78 Å². The number of hydrogen-bond acceptors (Lipinski definition) is 5. The van der Waals surface area contributed by atoms with Crippen molar-refractivity contribution in [1.29, 1.82) is 0 Å². The standard InChI is InChI=1S/C28H17ClF2N2O5/c1-37-22-9-13-8-14(27(29)32-19(13)10-18(22)31)12-33-20-11-17(30)15-6-7-38-26(15)24(20)23(25(33)28(35)36)16-4-2-3-5-21(16)34/h2-4,6-11H,5,12H2,1H3,(H,35,36). The number of fused-ring (bicyclic) bond motifs is 4. The number of carbonyl (C=O) groups is 2. The van der Waals surface area contributed by atoms with E-state index >= 15 is 4.39 Å². The first kappa shape index (κ1) is 23.9. The molecule has 0 spiro atoms. The maximum Gasteiger partial charge on any atom is 0.353 e. The lowest BCUT2D eigenvalue weighted by Gasteiger charge is -2.13. The van der Waals surface area contributed by atoms with E-state index in [1.807, 2.05) is 0 Å². The summed E-state index contributed by atoms with van der Waals surface area (Å²) in [5.74, 6) is -2.82. The second-order valence-corrected chi connectivity index (χ2v) is 9.14. The van der Waals surface area contributed by atoms with Gasteiger partial charge < -0.3 is 18.8 Å². The van der Waals surface area contributed by atoms with E-state index in [4.69, 9.17) is 20.8 Å². The Hall–Kier alpha value is -4.50. The first-order valence-electron chi connectivity index (χ1n) is 11.5. The van der Waals surface area contributed by atoms with Gasteiger partial charge in [0.1, 0.15) is 22.2 Å². The van der Waals surface area contributed by atoms with Gasteiger partial charge in [-0.3, -0.25) is 4.79 Å². The third-order valence-corrected chi connectivity index (χ3v) is 6.96. The van der Waals surface area contributed by atoms with Crippen LogP contribution < -0.4 is 4.74 Å². The fourth-order valence-electron chi connectivity index (χ4n) is 4.95. The molecule has 0 bridgehead atoms. The topological polar surface area (TPSA) is 94.6 Å². The van der Waals surface area contributed by atoms with E-state index in [0.717, 1.165) is 0 Å². The number of carboxylic acid groups (broad SMARTS) is 1. The van der Waals surface area contributed by atoms with Gasteiger partial charge in [0.15, 0.2) is 17.3 Å². The number of halogens is 3. The van der Waals surface area contributed by atoms with Crippen LogP contribution in [0, 0.1) is 11.6 Å². The van der Waals surface area contributed by atoms with Crippen LogP contribution in [0.15, 0.2) is 59.2 Å². The van der Waals surface area contributed by atoms with E-state index in [9.17, 15) is 19.1 Å². The third-order valence-electron chi connectivity index (χ3n) is 6.63. The van der Waals surface area contributed by atoms with Crippen molar-refractivity contribution in [3.8, 4) is 5.75 Å². The molecule has 0 atom stereocenters. The van der Waals surface area contributed by atoms with Crippen LogP contribution in [-0.4, -0.2) is 33.5 Å². The van der Waals surface area contributed by atoms with E-state index < -0.39 is 17.6 Å². The van der Waals surface area contributed by atoms with Crippen LogP contribution in [0.3, 0.4) is 0 Å². The number of Topliss-reactive ketones (excluding diaryl/α,β-unsaturated/α-hetero) is 1. The second-order valence-electron chi connectivity index (χ2n) is 8.78. The fraction of sp³-hybridized carbons (Fsp3) is 0.107. The van der Waals surface area contributed by atoms with Crippen LogP contribution >= 0.6 is 11.6 Å². The zero-order valence-corrected chi connectivity index (χ0v) is 20.5. The number of methoxy groups -OCH3 is 1. The highest BCUT2D eigenvalue weighted by molar-refractivity contribution is 6.31. The summed E-state index contributed by atoms with van der Waals surface area (Å²) in [5.41, 5.74) is 1.09. The average Bonchev–Trinajstić information content (AvgIpc) is 3.49. The molecule has 0 saturated carbocycles. The summed E-state index contributed by atoms with van der Waals surface area (Å²) in [6.07, 6.45) is 6.29. The Bertz CT molecular complexity index is 1900. The first-order chi connectivity index (χ1) is 18.3. The number of furan rings is 1. The smallest absolute Gasteiger partial charge is 0.353 e. The highest BCUT2D eigenvalue weighted by Crippen LogP contribution is 2.40. The molecule has 2 aromatic carbocycles. The van der Waals surface area contributed by atoms with Crippen molar-refractivity contribution in [2.75, 3.05) is 7.11 Å². The number of aromatic carboxylic acids is 1. The molecular formula is C28H17ClF2N2O5. The monoisotopic (exact) mass is 534 g/mol. The van der Waals surface area contributed by atoms with Gasteiger partial charge in [0.2, 0.25) is 0 Å². The summed E-state index contributed by atoms with van der Waals surface area (Å²) in [6, 6.07) is 6.94. The predicted molar refractivity (Wildman–Crippen MR) is 138 cm³/mol. The summed E-state index contributed by atoms with van der Waals surface area (Å²) in [6.45, 7) is -0.136. The molecule has 10 heteroatoms. The molecule has 0 amide bonds. The minimum atomic E-state index is -1.33. The number of benzene rings is 2. The van der Waals surface area contributed by atoms with Crippen LogP contribution in [0.25, 0.3) is 38.3 Å². The van der Waals surface area contributed by atoms with Gasteiger partial charge in [0, 0.05) is 34.6 Å². The number of aromatic nitrogens is 2. The molecule has 1 aliphatic carbocycles. The maximum atomic E-state index is 15.1. The first-order valence-corrected chi connectivity index (χ1v) is 11.8. The molecule has 0 aliphatic heterocycles. The average molecular weight is 535 g/mol. The normalized spacial score (nSPS) is 13.6. The molecular weight excluding hydrogens is 518 g/mol. The van der Waals surface area contributed by atoms with Gasteiger partial charge in [-0.1, -0.05) is 29.8 Å². The number of pyridine rings is 1. The Morgan fingerprint density at radius 1 is 1.24 bits per heavy atom. The van der Waals surface area contributed by atoms with Crippen LogP contribution in [0.2, 0.25) is 5.15 Å². The minimum absolute atomic E-state index is 0.00517. The van der Waals surface area contributed by atoms with Crippen molar-refractivity contribution in [1.82, 2.24) is 9.55 Å². The number of carboxylic acids is 1. The number of ketones is 1. The molecule has 0 fully saturated rings. The van der Waals surface area contributed by atoms with Crippen molar-refractivity contribution in [3.63, 3.8) is 0 Å². The van der Waals surface area contributed by atoms with Gasteiger partial charge >= 0.3 is 5.97 Å². The molecule has 0 radical (unpaired) electrons. The number of ether oxygens (including phenoxy) is 1. The van der Waals surface area contributed by atoms with Crippen LogP contribution in [0.5, 0.6) is 5.75 Å². The van der Waals surface area contributed by atoms with E-state index in [1.54, 1.807) is 24.3 Å². The Morgan fingerprint density at radius 3 is 2.79 bits per heavy atom. The van der Waals surface area contributed by atoms with Crippen molar-refractivity contribution in [2.45, 2.75) is 13.0 Å². The predicted octanol–water partition coefficient (Wildman–Crippen LogP) is 6.53. The Kier molecular flexibility index (Phi) is 5.53. The van der Waals surface area contributed by atoms with Gasteiger partial charge in [-0.2, -0.15) is 0 Å². The number of rotatable bonds is 5. The van der Waals surface area contributed by atoms with Crippen LogP contribution in [-0.2, 0) is 11.3 Å². The minimum Gasteiger partial charge on any atom is -0.494 e. The molecule has 3 heterocycles. The largest absolute Gasteiger partial charge is 0.494 e. The second kappa shape index (κ2) is 8.81. The Labute approximate surface area is 218 Å². The molecule has 3 aromatic heterocycles. The van der Waals surface area contributed by atoms with Gasteiger partial charge in [-0.15, -0.1) is 0 Å². The lowest BCUT2D eigenvalue weighted by atomic mass is 9.93. The van der Waals surface area contributed by atoms with Crippen molar-refractivity contribution in [3.05, 3.63) is 88.4 Å². The molecule has 0 unspecified atom stereocenters. The zero-order chi connectivity index (χ0) is 26.7. The van der Waals surface area contributed by atoms with Crippen molar-refractivity contribution in [2.24, 2.45) is 0 Å². The Morgan fingerprint density at radius 2 is 2.05 bits per heavy atom. The summed E-state index contributed by atoms with van der Waals surface area (Å²) in [5, 5.41) is 11.3. The molecule has 6 rings (SSSR count). The quantitative estimate of drug-likeness (QED) is 0.257. The van der Waals surface area contributed by atoms with Crippen molar-refractivity contribution < 1.29 is 32.6 Å². The van der Waals surface area contributed by atoms with Gasteiger partial charge in [-0.25, -0.2) is 18.6 Å². The maximum absolute atomic E-state index is 15.1. The SMILES string of the molecule is COc1cc2cc(Cn3c(C(=O)O)c(C4=CC=CCC4=O)c4c5occc5c(F)cc43)c(Cl)nc2cc1F. The summed E-state index contributed by atoms with van der Waals surface area (Å²) in [7, 11) is 1.33. The molecule has 190 valence electrons. The summed E-state index contributed by atoms with van der Waals surface area (Å²) in [4.78, 5) is 29.9. The number of allylic oxidation sites excluding steroid dienone is 4. The zero-order valence-electron chi connectivity index (χ0n) is 19.7. The van der Waals surface area contributed by atoms with E-state index in [-0.39, 0.29) is 68.5 Å². The lowest BCUT2D eigenvalue weighted by Crippen LogP contribution is -2.14. The number of hydrogen-bond donors (Lipinski definition) is 1.